The molecule has 17 heavy (non-hydrogen) atoms. The highest BCUT2D eigenvalue weighted by atomic mass is 79.9. The highest BCUT2D eigenvalue weighted by Crippen LogP contribution is 2.57. The van der Waals surface area contributed by atoms with E-state index < -0.39 is 0 Å². The lowest BCUT2D eigenvalue weighted by Crippen LogP contribution is -1.95. The Balaban J connectivity index is 1.79. The molecule has 1 aromatic heterocycles. The molecule has 2 saturated carbocycles. The van der Waals surface area contributed by atoms with Gasteiger partial charge in [-0.05, 0) is 43.2 Å². The van der Waals surface area contributed by atoms with Gasteiger partial charge in [-0.1, -0.05) is 15.9 Å². The third-order valence-corrected chi connectivity index (χ3v) is 4.55. The van der Waals surface area contributed by atoms with Crippen molar-refractivity contribution in [2.24, 2.45) is 11.8 Å². The lowest BCUT2D eigenvalue weighted by atomic mass is 10.0. The molecular formula is C13H13BrN2O. The van der Waals surface area contributed by atoms with Crippen LogP contribution in [0.25, 0.3) is 11.1 Å². The van der Waals surface area contributed by atoms with Gasteiger partial charge in [0.1, 0.15) is 5.52 Å². The van der Waals surface area contributed by atoms with Crippen LogP contribution in [0.3, 0.4) is 0 Å². The molecule has 0 saturated heterocycles. The van der Waals surface area contributed by atoms with Crippen LogP contribution in [0.15, 0.2) is 21.0 Å². The van der Waals surface area contributed by atoms with Crippen LogP contribution in [0, 0.1) is 11.8 Å². The summed E-state index contributed by atoms with van der Waals surface area (Å²) in [4.78, 5) is 4.59. The Morgan fingerprint density at radius 3 is 2.76 bits per heavy atom. The molecule has 0 aliphatic heterocycles. The van der Waals surface area contributed by atoms with Crippen LogP contribution in [0.4, 0.5) is 5.69 Å². The van der Waals surface area contributed by atoms with Crippen LogP contribution in [-0.2, 0) is 0 Å². The molecule has 2 aromatic rings. The van der Waals surface area contributed by atoms with Crippen molar-refractivity contribution in [1.82, 2.24) is 4.98 Å². The molecule has 0 spiro atoms. The summed E-state index contributed by atoms with van der Waals surface area (Å²) in [6, 6.07) is 3.83. The summed E-state index contributed by atoms with van der Waals surface area (Å²) in [6.45, 7) is 0. The second-order valence-electron chi connectivity index (χ2n) is 5.32. The third-order valence-electron chi connectivity index (χ3n) is 4.09. The van der Waals surface area contributed by atoms with Crippen LogP contribution in [-0.4, -0.2) is 4.98 Å². The topological polar surface area (TPSA) is 52.0 Å². The molecule has 2 atom stereocenters. The van der Waals surface area contributed by atoms with Crippen LogP contribution < -0.4 is 5.73 Å². The highest BCUT2D eigenvalue weighted by Gasteiger charge is 2.47. The molecule has 2 unspecified atom stereocenters. The van der Waals surface area contributed by atoms with Crippen LogP contribution in [0.2, 0.25) is 0 Å². The number of nitrogen functional groups attached to an aromatic ring is 1. The predicted molar refractivity (Wildman–Crippen MR) is 69.7 cm³/mol. The number of fused-ring (bicyclic) bond motifs is 2. The van der Waals surface area contributed by atoms with Crippen molar-refractivity contribution in [2.75, 3.05) is 5.73 Å². The minimum absolute atomic E-state index is 0.518. The number of anilines is 1. The first-order chi connectivity index (χ1) is 8.20. The zero-order chi connectivity index (χ0) is 11.6. The summed E-state index contributed by atoms with van der Waals surface area (Å²) in [5, 5.41) is 0. The minimum Gasteiger partial charge on any atom is -0.438 e. The molecule has 4 heteroatoms. The van der Waals surface area contributed by atoms with Gasteiger partial charge in [0.15, 0.2) is 11.5 Å². The number of nitrogens with zero attached hydrogens (tertiary/aromatic N) is 1. The monoisotopic (exact) mass is 292 g/mol. The number of halogens is 1. The first kappa shape index (κ1) is 9.95. The Morgan fingerprint density at radius 2 is 2.00 bits per heavy atom. The number of hydrogen-bond donors (Lipinski definition) is 1. The Bertz CT molecular complexity index is 597. The summed E-state index contributed by atoms with van der Waals surface area (Å²) >= 11 is 3.43. The average molecular weight is 293 g/mol. The lowest BCUT2D eigenvalue weighted by Gasteiger charge is -2.05. The van der Waals surface area contributed by atoms with Gasteiger partial charge in [0.2, 0.25) is 0 Å². The molecule has 1 heterocycles. The molecule has 3 nitrogen and oxygen atoms in total. The van der Waals surface area contributed by atoms with Crippen molar-refractivity contribution < 1.29 is 4.42 Å². The minimum atomic E-state index is 0.518. The standard InChI is InChI=1S/C13H13BrN2O/c14-9-4-10(15)12-11(5-9)16-13(17-12)8-2-6-1-7(6)3-8/h4-8H,1-3,15H2. The molecule has 88 valence electrons. The van der Waals surface area contributed by atoms with Crippen LogP contribution >= 0.6 is 15.9 Å². The number of aromatic nitrogens is 1. The maximum absolute atomic E-state index is 5.94. The van der Waals surface area contributed by atoms with Crippen molar-refractivity contribution in [3.63, 3.8) is 0 Å². The zero-order valence-electron chi connectivity index (χ0n) is 9.32. The van der Waals surface area contributed by atoms with Crippen molar-refractivity contribution in [3.8, 4) is 0 Å². The number of hydrogen-bond acceptors (Lipinski definition) is 3. The van der Waals surface area contributed by atoms with Gasteiger partial charge >= 0.3 is 0 Å². The predicted octanol–water partition coefficient (Wildman–Crippen LogP) is 3.69. The van der Waals surface area contributed by atoms with Gasteiger partial charge < -0.3 is 10.2 Å². The molecule has 0 radical (unpaired) electrons. The second kappa shape index (κ2) is 3.25. The van der Waals surface area contributed by atoms with Crippen LogP contribution in [0.1, 0.15) is 31.1 Å². The van der Waals surface area contributed by atoms with Gasteiger partial charge in [-0.15, -0.1) is 0 Å². The molecule has 1 aromatic carbocycles. The summed E-state index contributed by atoms with van der Waals surface area (Å²) in [7, 11) is 0. The van der Waals surface area contributed by atoms with Gasteiger partial charge in [0.25, 0.3) is 0 Å². The number of benzene rings is 1. The van der Waals surface area contributed by atoms with Gasteiger partial charge in [0.05, 0.1) is 5.69 Å². The van der Waals surface area contributed by atoms with Crippen molar-refractivity contribution in [3.05, 3.63) is 22.5 Å². The largest absolute Gasteiger partial charge is 0.438 e. The van der Waals surface area contributed by atoms with Gasteiger partial charge in [-0.2, -0.15) is 0 Å². The van der Waals surface area contributed by atoms with Gasteiger partial charge in [-0.25, -0.2) is 4.98 Å². The van der Waals surface area contributed by atoms with E-state index in [0.717, 1.165) is 33.3 Å². The quantitative estimate of drug-likeness (QED) is 0.816. The Morgan fingerprint density at radius 1 is 1.24 bits per heavy atom. The Kier molecular flexibility index (Phi) is 1.90. The van der Waals surface area contributed by atoms with E-state index in [1.165, 1.54) is 19.3 Å². The molecule has 2 aliphatic carbocycles. The average Bonchev–Trinajstić information content (AvgIpc) is 2.76. The first-order valence-corrected chi connectivity index (χ1v) is 6.85. The maximum atomic E-state index is 5.94. The normalized spacial score (nSPS) is 30.8. The molecule has 2 fully saturated rings. The number of oxazole rings is 1. The maximum Gasteiger partial charge on any atom is 0.198 e. The SMILES string of the molecule is Nc1cc(Br)cc2nc(C3CC4CC4C3)oc12. The molecule has 2 aliphatic rings. The smallest absolute Gasteiger partial charge is 0.198 e. The molecule has 2 N–H and O–H groups in total. The number of nitrogens with two attached hydrogens (primary N) is 1. The molecule has 0 amide bonds. The third kappa shape index (κ3) is 1.50. The van der Waals surface area contributed by atoms with Gasteiger partial charge in [-0.3, -0.25) is 0 Å². The van der Waals surface area contributed by atoms with Crippen molar-refractivity contribution >= 4 is 32.7 Å². The summed E-state index contributed by atoms with van der Waals surface area (Å²) in [5.41, 5.74) is 8.21. The van der Waals surface area contributed by atoms with E-state index >= 15 is 0 Å². The fourth-order valence-electron chi connectivity index (χ4n) is 3.13. The Labute approximate surface area is 108 Å². The van der Waals surface area contributed by atoms with E-state index in [2.05, 4.69) is 20.9 Å². The molecular weight excluding hydrogens is 280 g/mol. The second-order valence-corrected chi connectivity index (χ2v) is 6.24. The fourth-order valence-corrected chi connectivity index (χ4v) is 3.59. The van der Waals surface area contributed by atoms with E-state index in [9.17, 15) is 0 Å². The summed E-state index contributed by atoms with van der Waals surface area (Å²) < 4.78 is 6.80. The van der Waals surface area contributed by atoms with Crippen molar-refractivity contribution in [2.45, 2.75) is 25.2 Å². The van der Waals surface area contributed by atoms with E-state index in [4.69, 9.17) is 10.2 Å². The number of rotatable bonds is 1. The molecule has 0 bridgehead atoms. The molecule has 4 rings (SSSR count). The van der Waals surface area contributed by atoms with E-state index in [1.807, 2.05) is 12.1 Å². The van der Waals surface area contributed by atoms with Crippen molar-refractivity contribution in [1.29, 1.82) is 0 Å². The van der Waals surface area contributed by atoms with Crippen LogP contribution in [0.5, 0.6) is 0 Å². The zero-order valence-corrected chi connectivity index (χ0v) is 10.9. The Hall–Kier alpha value is -1.03. The first-order valence-electron chi connectivity index (χ1n) is 6.06. The van der Waals surface area contributed by atoms with E-state index in [1.54, 1.807) is 0 Å². The fraction of sp³-hybridized carbons (Fsp3) is 0.462. The highest BCUT2D eigenvalue weighted by molar-refractivity contribution is 9.10. The summed E-state index contributed by atoms with van der Waals surface area (Å²) in [6.07, 6.45) is 3.92. The van der Waals surface area contributed by atoms with E-state index in [-0.39, 0.29) is 0 Å². The van der Waals surface area contributed by atoms with E-state index in [0.29, 0.717) is 11.6 Å². The lowest BCUT2D eigenvalue weighted by molar-refractivity contribution is 0.452. The van der Waals surface area contributed by atoms with Gasteiger partial charge in [0, 0.05) is 10.4 Å². The summed E-state index contributed by atoms with van der Waals surface area (Å²) in [5.74, 6) is 3.29.